The molecular weight excluding hydrogens is 482 g/mol. The quantitative estimate of drug-likeness (QED) is 0.390. The summed E-state index contributed by atoms with van der Waals surface area (Å²) in [5.41, 5.74) is 1.02. The number of rotatable bonds is 5. The van der Waals surface area contributed by atoms with E-state index in [9.17, 15) is 23.6 Å². The van der Waals surface area contributed by atoms with Gasteiger partial charge in [0.15, 0.2) is 17.7 Å². The van der Waals surface area contributed by atoms with E-state index < -0.39 is 41.7 Å². The topological polar surface area (TPSA) is 121 Å². The van der Waals surface area contributed by atoms with E-state index in [1.807, 2.05) is 30.3 Å². The van der Waals surface area contributed by atoms with Gasteiger partial charge in [-0.3, -0.25) is 9.59 Å². The van der Waals surface area contributed by atoms with Crippen LogP contribution < -0.4 is 10.6 Å². The zero-order chi connectivity index (χ0) is 25.8. The maximum atomic E-state index is 13.9. The van der Waals surface area contributed by atoms with Gasteiger partial charge in [-0.15, -0.1) is 0 Å². The number of aromatic nitrogens is 1. The molecule has 0 saturated heterocycles. The third kappa shape index (κ3) is 4.20. The number of nitrogens with one attached hydrogen (secondary N) is 2. The van der Waals surface area contributed by atoms with Gasteiger partial charge in [0, 0.05) is 18.2 Å². The third-order valence-electron chi connectivity index (χ3n) is 7.35. The van der Waals surface area contributed by atoms with Gasteiger partial charge in [0.25, 0.3) is 5.91 Å². The Bertz CT molecular complexity index is 1580. The van der Waals surface area contributed by atoms with Crippen LogP contribution in [0, 0.1) is 11.3 Å². The lowest BCUT2D eigenvalue weighted by molar-refractivity contribution is -0.133. The van der Waals surface area contributed by atoms with Crippen molar-refractivity contribution in [2.75, 3.05) is 0 Å². The summed E-state index contributed by atoms with van der Waals surface area (Å²) in [5, 5.41) is 15.4. The van der Waals surface area contributed by atoms with Crippen LogP contribution in [-0.4, -0.2) is 33.8 Å². The maximum absolute atomic E-state index is 13.9. The van der Waals surface area contributed by atoms with Crippen molar-refractivity contribution >= 4 is 33.9 Å². The van der Waals surface area contributed by atoms with Crippen molar-refractivity contribution in [2.24, 2.45) is 0 Å². The van der Waals surface area contributed by atoms with Crippen LogP contribution >= 0.6 is 0 Å². The van der Waals surface area contributed by atoms with E-state index in [1.54, 1.807) is 12.1 Å². The summed E-state index contributed by atoms with van der Waals surface area (Å²) < 4.78 is 39.0. The Balaban J connectivity index is 1.27. The Morgan fingerprint density at radius 2 is 1.65 bits per heavy atom. The molecule has 0 spiro atoms. The van der Waals surface area contributed by atoms with E-state index in [2.05, 4.69) is 21.7 Å². The van der Waals surface area contributed by atoms with Gasteiger partial charge in [-0.2, -0.15) is 5.26 Å². The van der Waals surface area contributed by atoms with Crippen molar-refractivity contribution in [3.63, 3.8) is 0 Å². The lowest BCUT2D eigenvalue weighted by Crippen LogP contribution is -2.62. The Labute approximate surface area is 209 Å². The number of alkyl halides is 2. The standard InChI is InChI=1S/C27H22F2N4O4/c28-27(29)9-7-26(8-10-27,24(35)33-25(14-30)5-6-25)32-23(34)22-13-18-2-1-17(12-21(18)37-22)16-3-4-20-19(11-16)31-15-36-20/h1-4,11-13,15H,5-10H2,(H,32,34)(H,33,35). The van der Waals surface area contributed by atoms with E-state index in [0.29, 0.717) is 34.9 Å². The number of hydrogen-bond acceptors (Lipinski definition) is 6. The van der Waals surface area contributed by atoms with Gasteiger partial charge < -0.3 is 19.5 Å². The Morgan fingerprint density at radius 3 is 2.38 bits per heavy atom. The smallest absolute Gasteiger partial charge is 0.287 e. The highest BCUT2D eigenvalue weighted by Gasteiger charge is 2.53. The van der Waals surface area contributed by atoms with E-state index in [4.69, 9.17) is 8.83 Å². The Hall–Kier alpha value is -4.26. The first-order valence-electron chi connectivity index (χ1n) is 12.0. The average Bonchev–Trinajstić information content (AvgIpc) is 3.29. The minimum absolute atomic E-state index is 0.0370. The second kappa shape index (κ2) is 8.13. The van der Waals surface area contributed by atoms with Crippen molar-refractivity contribution in [3.05, 3.63) is 54.6 Å². The van der Waals surface area contributed by atoms with Crippen LogP contribution in [0.1, 0.15) is 49.1 Å². The average molecular weight is 504 g/mol. The zero-order valence-electron chi connectivity index (χ0n) is 19.6. The number of nitriles is 1. The van der Waals surface area contributed by atoms with Gasteiger partial charge in [0.2, 0.25) is 11.8 Å². The van der Waals surface area contributed by atoms with Crippen molar-refractivity contribution in [2.45, 2.75) is 55.5 Å². The molecule has 37 heavy (non-hydrogen) atoms. The highest BCUT2D eigenvalue weighted by atomic mass is 19.3. The van der Waals surface area contributed by atoms with Crippen LogP contribution in [0.25, 0.3) is 33.2 Å². The SMILES string of the molecule is N#CC1(NC(=O)C2(NC(=O)c3cc4ccc(-c5ccc6ocnc6c5)cc4o3)CCC(F)(F)CC2)CC1. The molecule has 2 N–H and O–H groups in total. The summed E-state index contributed by atoms with van der Waals surface area (Å²) in [5.74, 6) is -4.24. The second-order valence-electron chi connectivity index (χ2n) is 9.94. The minimum atomic E-state index is -2.91. The molecule has 2 aliphatic carbocycles. The summed E-state index contributed by atoms with van der Waals surface area (Å²) in [6.07, 6.45) is 0.789. The third-order valence-corrected chi connectivity index (χ3v) is 7.35. The molecule has 2 aromatic heterocycles. The van der Waals surface area contributed by atoms with Crippen molar-refractivity contribution in [3.8, 4) is 17.2 Å². The van der Waals surface area contributed by atoms with Gasteiger partial charge in [-0.05, 0) is 61.1 Å². The molecule has 0 unspecified atom stereocenters. The fraction of sp³-hybridized carbons (Fsp3) is 0.333. The van der Waals surface area contributed by atoms with E-state index in [0.717, 1.165) is 11.1 Å². The molecule has 2 aromatic carbocycles. The number of oxazole rings is 1. The molecule has 10 heteroatoms. The number of benzene rings is 2. The van der Waals surface area contributed by atoms with Gasteiger partial charge in [-0.25, -0.2) is 13.8 Å². The van der Waals surface area contributed by atoms with Crippen LogP contribution in [0.5, 0.6) is 0 Å². The van der Waals surface area contributed by atoms with Crippen LogP contribution in [0.4, 0.5) is 8.78 Å². The summed E-state index contributed by atoms with van der Waals surface area (Å²) in [7, 11) is 0. The van der Waals surface area contributed by atoms with E-state index >= 15 is 0 Å². The lowest BCUT2D eigenvalue weighted by Gasteiger charge is -2.39. The lowest BCUT2D eigenvalue weighted by atomic mass is 9.78. The first-order valence-corrected chi connectivity index (χ1v) is 12.0. The molecule has 6 rings (SSSR count). The molecule has 4 aromatic rings. The number of hydrogen-bond donors (Lipinski definition) is 2. The summed E-state index contributed by atoms with van der Waals surface area (Å²) in [6, 6.07) is 14.7. The highest BCUT2D eigenvalue weighted by Crippen LogP contribution is 2.41. The largest absolute Gasteiger partial charge is 0.451 e. The number of furan rings is 1. The molecule has 0 aliphatic heterocycles. The summed E-state index contributed by atoms with van der Waals surface area (Å²) in [4.78, 5) is 30.6. The molecule has 2 amide bonds. The fourth-order valence-corrected chi connectivity index (χ4v) is 4.82. The molecule has 2 saturated carbocycles. The fourth-order valence-electron chi connectivity index (χ4n) is 4.82. The minimum Gasteiger partial charge on any atom is -0.451 e. The molecule has 2 fully saturated rings. The normalized spacial score (nSPS) is 19.3. The van der Waals surface area contributed by atoms with Crippen LogP contribution in [-0.2, 0) is 4.79 Å². The van der Waals surface area contributed by atoms with Crippen LogP contribution in [0.15, 0.2) is 57.7 Å². The number of halogens is 2. The first-order chi connectivity index (χ1) is 17.7. The van der Waals surface area contributed by atoms with Crippen molar-refractivity contribution < 1.29 is 27.2 Å². The molecule has 2 aliphatic rings. The van der Waals surface area contributed by atoms with E-state index in [-0.39, 0.29) is 18.6 Å². The molecule has 2 heterocycles. The number of fused-ring (bicyclic) bond motifs is 2. The monoisotopic (exact) mass is 504 g/mol. The summed E-state index contributed by atoms with van der Waals surface area (Å²) in [6.45, 7) is 0. The maximum Gasteiger partial charge on any atom is 0.287 e. The number of carbonyl (C=O) groups excluding carboxylic acids is 2. The van der Waals surface area contributed by atoms with Gasteiger partial charge in [-0.1, -0.05) is 18.2 Å². The Morgan fingerprint density at radius 1 is 0.919 bits per heavy atom. The molecule has 0 bridgehead atoms. The number of amides is 2. The predicted octanol–water partition coefficient (Wildman–Crippen LogP) is 5.09. The van der Waals surface area contributed by atoms with Gasteiger partial charge >= 0.3 is 0 Å². The van der Waals surface area contributed by atoms with Crippen molar-refractivity contribution in [1.29, 1.82) is 5.26 Å². The van der Waals surface area contributed by atoms with Gasteiger partial charge in [0.05, 0.1) is 6.07 Å². The highest BCUT2D eigenvalue weighted by molar-refractivity contribution is 6.01. The Kier molecular flexibility index (Phi) is 5.09. The molecule has 8 nitrogen and oxygen atoms in total. The van der Waals surface area contributed by atoms with Crippen LogP contribution in [0.2, 0.25) is 0 Å². The second-order valence-corrected chi connectivity index (χ2v) is 9.94. The van der Waals surface area contributed by atoms with Crippen LogP contribution in [0.3, 0.4) is 0 Å². The molecule has 0 radical (unpaired) electrons. The van der Waals surface area contributed by atoms with Gasteiger partial charge in [0.1, 0.15) is 22.2 Å². The van der Waals surface area contributed by atoms with E-state index in [1.165, 1.54) is 6.39 Å². The molecular formula is C27H22F2N4O4. The predicted molar refractivity (Wildman–Crippen MR) is 129 cm³/mol. The number of nitrogens with zero attached hydrogens (tertiary/aromatic N) is 2. The first kappa shape index (κ1) is 23.2. The molecule has 188 valence electrons. The summed E-state index contributed by atoms with van der Waals surface area (Å²) >= 11 is 0. The molecule has 0 atom stereocenters. The number of carbonyl (C=O) groups is 2. The zero-order valence-corrected chi connectivity index (χ0v) is 19.6. The van der Waals surface area contributed by atoms with Crippen molar-refractivity contribution in [1.82, 2.24) is 15.6 Å².